The van der Waals surface area contributed by atoms with Crippen molar-refractivity contribution in [2.24, 2.45) is 0 Å². The number of rotatable bonds is 3. The highest BCUT2D eigenvalue weighted by Gasteiger charge is 2.09. The molecule has 0 aliphatic rings. The lowest BCUT2D eigenvalue weighted by Crippen LogP contribution is -2.12. The van der Waals surface area contributed by atoms with Crippen LogP contribution < -0.4 is 5.32 Å². The van der Waals surface area contributed by atoms with E-state index in [2.05, 4.69) is 16.9 Å². The number of amides is 1. The minimum absolute atomic E-state index is 0.218. The zero-order chi connectivity index (χ0) is 12.1. The summed E-state index contributed by atoms with van der Waals surface area (Å²) in [5.74, 6) is -0.218. The first-order valence-corrected chi connectivity index (χ1v) is 5.23. The third kappa shape index (κ3) is 2.78. The maximum absolute atomic E-state index is 11.9. The van der Waals surface area contributed by atoms with Crippen molar-refractivity contribution in [1.82, 2.24) is 4.98 Å². The average molecular weight is 224 g/mol. The van der Waals surface area contributed by atoms with Crippen molar-refractivity contribution in [3.05, 3.63) is 67.0 Å². The number of pyridine rings is 1. The van der Waals surface area contributed by atoms with Crippen molar-refractivity contribution < 1.29 is 4.79 Å². The van der Waals surface area contributed by atoms with Crippen LogP contribution in [0.15, 0.2) is 61.4 Å². The Kier molecular flexibility index (Phi) is 3.31. The van der Waals surface area contributed by atoms with Crippen LogP contribution in [0.5, 0.6) is 0 Å². The van der Waals surface area contributed by atoms with Gasteiger partial charge in [0.2, 0.25) is 0 Å². The smallest absolute Gasteiger partial charge is 0.255 e. The SMILES string of the molecule is C=C(C(=O)Nc1ccccc1)c1cccnc1. The lowest BCUT2D eigenvalue weighted by Gasteiger charge is -2.07. The van der Waals surface area contributed by atoms with E-state index in [1.54, 1.807) is 24.5 Å². The third-order valence-corrected chi connectivity index (χ3v) is 2.32. The number of aromatic nitrogens is 1. The minimum atomic E-state index is -0.218. The highest BCUT2D eigenvalue weighted by atomic mass is 16.1. The Morgan fingerprint density at radius 2 is 1.88 bits per heavy atom. The molecular weight excluding hydrogens is 212 g/mol. The highest BCUT2D eigenvalue weighted by molar-refractivity contribution is 6.24. The van der Waals surface area contributed by atoms with E-state index in [1.807, 2.05) is 30.3 Å². The van der Waals surface area contributed by atoms with E-state index in [-0.39, 0.29) is 5.91 Å². The average Bonchev–Trinajstić information content (AvgIpc) is 2.40. The summed E-state index contributed by atoms with van der Waals surface area (Å²) in [6.45, 7) is 3.77. The number of para-hydroxylation sites is 1. The molecule has 3 nitrogen and oxygen atoms in total. The van der Waals surface area contributed by atoms with Gasteiger partial charge in [-0.2, -0.15) is 0 Å². The molecule has 0 aliphatic heterocycles. The second-order valence-electron chi connectivity index (χ2n) is 3.54. The molecule has 1 N–H and O–H groups in total. The largest absolute Gasteiger partial charge is 0.322 e. The fourth-order valence-electron chi connectivity index (χ4n) is 1.40. The van der Waals surface area contributed by atoms with Crippen molar-refractivity contribution in [2.75, 3.05) is 5.32 Å². The fourth-order valence-corrected chi connectivity index (χ4v) is 1.40. The Labute approximate surface area is 99.8 Å². The molecule has 1 heterocycles. The van der Waals surface area contributed by atoms with E-state index >= 15 is 0 Å². The number of carbonyl (C=O) groups is 1. The summed E-state index contributed by atoms with van der Waals surface area (Å²) in [5, 5.41) is 2.77. The number of hydrogen-bond donors (Lipinski definition) is 1. The van der Waals surface area contributed by atoms with Crippen LogP contribution in [0.1, 0.15) is 5.56 Å². The van der Waals surface area contributed by atoms with Gasteiger partial charge < -0.3 is 5.32 Å². The third-order valence-electron chi connectivity index (χ3n) is 2.32. The van der Waals surface area contributed by atoms with Gasteiger partial charge in [-0.05, 0) is 18.2 Å². The van der Waals surface area contributed by atoms with Crippen molar-refractivity contribution in [3.8, 4) is 0 Å². The van der Waals surface area contributed by atoms with E-state index in [4.69, 9.17) is 0 Å². The number of carbonyl (C=O) groups excluding carboxylic acids is 1. The van der Waals surface area contributed by atoms with Crippen molar-refractivity contribution in [2.45, 2.75) is 0 Å². The molecule has 0 fully saturated rings. The molecule has 0 saturated heterocycles. The van der Waals surface area contributed by atoms with E-state index in [9.17, 15) is 4.79 Å². The zero-order valence-corrected chi connectivity index (χ0v) is 9.26. The van der Waals surface area contributed by atoms with Crippen molar-refractivity contribution >= 4 is 17.2 Å². The summed E-state index contributed by atoms with van der Waals surface area (Å²) in [7, 11) is 0. The molecule has 2 aromatic rings. The second kappa shape index (κ2) is 5.07. The summed E-state index contributed by atoms with van der Waals surface area (Å²) in [6.07, 6.45) is 3.28. The Balaban J connectivity index is 2.09. The first kappa shape index (κ1) is 11.1. The number of hydrogen-bond acceptors (Lipinski definition) is 2. The Morgan fingerprint density at radius 3 is 2.53 bits per heavy atom. The van der Waals surface area contributed by atoms with Gasteiger partial charge in [0.05, 0.1) is 0 Å². The molecule has 0 unspecified atom stereocenters. The predicted octanol–water partition coefficient (Wildman–Crippen LogP) is 2.73. The Bertz CT molecular complexity index is 520. The van der Waals surface area contributed by atoms with Crippen LogP contribution in [0.4, 0.5) is 5.69 Å². The first-order chi connectivity index (χ1) is 8.27. The normalized spacial score (nSPS) is 9.65. The van der Waals surface area contributed by atoms with Gasteiger partial charge >= 0.3 is 0 Å². The number of anilines is 1. The summed E-state index contributed by atoms with van der Waals surface area (Å²) in [5.41, 5.74) is 1.88. The van der Waals surface area contributed by atoms with E-state index in [0.29, 0.717) is 5.57 Å². The first-order valence-electron chi connectivity index (χ1n) is 5.23. The molecule has 84 valence electrons. The van der Waals surface area contributed by atoms with Crippen LogP contribution in [0.25, 0.3) is 5.57 Å². The van der Waals surface area contributed by atoms with Crippen LogP contribution in [0, 0.1) is 0 Å². The molecule has 0 saturated carbocycles. The monoisotopic (exact) mass is 224 g/mol. The van der Waals surface area contributed by atoms with Gasteiger partial charge in [0.25, 0.3) is 5.91 Å². The summed E-state index contributed by atoms with van der Waals surface area (Å²) < 4.78 is 0. The number of nitrogens with zero attached hydrogens (tertiary/aromatic N) is 1. The lowest BCUT2D eigenvalue weighted by molar-refractivity contribution is -0.111. The highest BCUT2D eigenvalue weighted by Crippen LogP contribution is 2.13. The maximum atomic E-state index is 11.9. The van der Waals surface area contributed by atoms with E-state index < -0.39 is 0 Å². The standard InChI is InChI=1S/C14H12N2O/c1-11(12-6-5-9-15-10-12)14(17)16-13-7-3-2-4-8-13/h2-10H,1H2,(H,16,17). The predicted molar refractivity (Wildman–Crippen MR) is 68.3 cm³/mol. The minimum Gasteiger partial charge on any atom is -0.322 e. The molecule has 3 heteroatoms. The van der Waals surface area contributed by atoms with Crippen molar-refractivity contribution in [1.29, 1.82) is 0 Å². The molecule has 0 bridgehead atoms. The summed E-state index contributed by atoms with van der Waals surface area (Å²) in [6, 6.07) is 12.9. The van der Waals surface area contributed by atoms with Gasteiger partial charge in [0, 0.05) is 29.2 Å². The van der Waals surface area contributed by atoms with E-state index in [1.165, 1.54) is 0 Å². The van der Waals surface area contributed by atoms with Crippen LogP contribution in [-0.2, 0) is 4.79 Å². The molecule has 0 aliphatic carbocycles. The molecule has 0 atom stereocenters. The second-order valence-corrected chi connectivity index (χ2v) is 3.54. The molecule has 0 radical (unpaired) electrons. The summed E-state index contributed by atoms with van der Waals surface area (Å²) in [4.78, 5) is 15.8. The molecule has 17 heavy (non-hydrogen) atoms. The van der Waals surface area contributed by atoms with Crippen LogP contribution in [0.3, 0.4) is 0 Å². The van der Waals surface area contributed by atoms with Gasteiger partial charge in [-0.15, -0.1) is 0 Å². The van der Waals surface area contributed by atoms with Crippen molar-refractivity contribution in [3.63, 3.8) is 0 Å². The lowest BCUT2D eigenvalue weighted by atomic mass is 10.1. The Morgan fingerprint density at radius 1 is 1.12 bits per heavy atom. The van der Waals surface area contributed by atoms with E-state index in [0.717, 1.165) is 11.3 Å². The molecular formula is C14H12N2O. The van der Waals surface area contributed by atoms with Gasteiger partial charge in [-0.3, -0.25) is 9.78 Å². The number of benzene rings is 1. The zero-order valence-electron chi connectivity index (χ0n) is 9.26. The molecule has 1 amide bonds. The molecule has 1 aromatic carbocycles. The quantitative estimate of drug-likeness (QED) is 0.814. The molecule has 2 rings (SSSR count). The van der Waals surface area contributed by atoms with Crippen LogP contribution >= 0.6 is 0 Å². The summed E-state index contributed by atoms with van der Waals surface area (Å²) >= 11 is 0. The maximum Gasteiger partial charge on any atom is 0.255 e. The van der Waals surface area contributed by atoms with Gasteiger partial charge in [0.15, 0.2) is 0 Å². The van der Waals surface area contributed by atoms with Gasteiger partial charge in [0.1, 0.15) is 0 Å². The van der Waals surface area contributed by atoms with Crippen LogP contribution in [0.2, 0.25) is 0 Å². The van der Waals surface area contributed by atoms with Crippen LogP contribution in [-0.4, -0.2) is 10.9 Å². The number of nitrogens with one attached hydrogen (secondary N) is 1. The fraction of sp³-hybridized carbons (Fsp3) is 0. The van der Waals surface area contributed by atoms with Gasteiger partial charge in [-0.1, -0.05) is 30.8 Å². The molecule has 0 spiro atoms. The Hall–Kier alpha value is -2.42. The topological polar surface area (TPSA) is 42.0 Å². The van der Waals surface area contributed by atoms with Gasteiger partial charge in [-0.25, -0.2) is 0 Å². The molecule has 1 aromatic heterocycles.